The normalized spacial score (nSPS) is 30.8. The van der Waals surface area contributed by atoms with Gasteiger partial charge in [0.15, 0.2) is 0 Å². The highest BCUT2D eigenvalue weighted by Crippen LogP contribution is 2.27. The molecule has 24 heavy (non-hydrogen) atoms. The lowest BCUT2D eigenvalue weighted by molar-refractivity contribution is -0.137. The van der Waals surface area contributed by atoms with E-state index in [1.807, 2.05) is 0 Å². The van der Waals surface area contributed by atoms with Gasteiger partial charge in [-0.05, 0) is 32.1 Å². The Morgan fingerprint density at radius 1 is 1.25 bits per heavy atom. The van der Waals surface area contributed by atoms with Crippen LogP contribution in [0, 0.1) is 0 Å². The third-order valence-corrected chi connectivity index (χ3v) is 4.95. The molecule has 3 fully saturated rings. The Labute approximate surface area is 147 Å². The Kier molecular flexibility index (Phi) is 7.22. The fourth-order valence-corrected chi connectivity index (χ4v) is 3.54. The molecular weight excluding hydrogens is 342 g/mol. The molecule has 140 valence electrons. The molecule has 0 saturated carbocycles. The number of ether oxygens (including phenoxy) is 2. The SMILES string of the molecule is Cl.O=C(C1CC(F)(F)CN1)N1CCC(OCC2CCCCO2)CC1. The number of halogens is 3. The van der Waals surface area contributed by atoms with Crippen LogP contribution in [0.15, 0.2) is 0 Å². The number of piperidine rings is 1. The molecule has 0 aromatic rings. The topological polar surface area (TPSA) is 50.8 Å². The van der Waals surface area contributed by atoms with E-state index in [-0.39, 0.29) is 36.9 Å². The van der Waals surface area contributed by atoms with Crippen molar-refractivity contribution in [2.24, 2.45) is 0 Å². The predicted molar refractivity (Wildman–Crippen MR) is 87.7 cm³/mol. The second-order valence-electron chi connectivity index (χ2n) is 6.84. The number of hydrogen-bond donors (Lipinski definition) is 1. The summed E-state index contributed by atoms with van der Waals surface area (Å²) in [6, 6.07) is -0.738. The number of amides is 1. The van der Waals surface area contributed by atoms with Gasteiger partial charge in [0.25, 0.3) is 5.92 Å². The summed E-state index contributed by atoms with van der Waals surface area (Å²) in [5, 5.41) is 2.63. The number of nitrogens with zero attached hydrogens (tertiary/aromatic N) is 1. The van der Waals surface area contributed by atoms with Gasteiger partial charge in [-0.2, -0.15) is 0 Å². The Morgan fingerprint density at radius 2 is 2.00 bits per heavy atom. The molecule has 0 aromatic heterocycles. The van der Waals surface area contributed by atoms with Gasteiger partial charge >= 0.3 is 0 Å². The van der Waals surface area contributed by atoms with E-state index in [2.05, 4.69) is 5.32 Å². The summed E-state index contributed by atoms with van der Waals surface area (Å²) in [6.07, 6.45) is 4.87. The number of nitrogens with one attached hydrogen (secondary N) is 1. The summed E-state index contributed by atoms with van der Waals surface area (Å²) in [5.74, 6) is -2.96. The second kappa shape index (κ2) is 8.74. The number of carbonyl (C=O) groups excluding carboxylic acids is 1. The Morgan fingerprint density at radius 3 is 2.58 bits per heavy atom. The first-order valence-electron chi connectivity index (χ1n) is 8.67. The Balaban J connectivity index is 0.00000208. The van der Waals surface area contributed by atoms with Crippen LogP contribution >= 0.6 is 12.4 Å². The molecule has 5 nitrogen and oxygen atoms in total. The molecule has 2 unspecified atom stereocenters. The van der Waals surface area contributed by atoms with Gasteiger partial charge in [0, 0.05) is 26.1 Å². The lowest BCUT2D eigenvalue weighted by Crippen LogP contribution is -2.48. The maximum Gasteiger partial charge on any atom is 0.262 e. The minimum Gasteiger partial charge on any atom is -0.376 e. The minimum absolute atomic E-state index is 0. The monoisotopic (exact) mass is 368 g/mol. The number of hydrogen-bond acceptors (Lipinski definition) is 4. The van der Waals surface area contributed by atoms with Crippen molar-refractivity contribution >= 4 is 18.3 Å². The fraction of sp³-hybridized carbons (Fsp3) is 0.938. The average molecular weight is 369 g/mol. The molecule has 1 N–H and O–H groups in total. The van der Waals surface area contributed by atoms with Crippen molar-refractivity contribution in [3.8, 4) is 0 Å². The molecule has 0 aromatic carbocycles. The lowest BCUT2D eigenvalue weighted by Gasteiger charge is -2.34. The summed E-state index contributed by atoms with van der Waals surface area (Å²) >= 11 is 0. The van der Waals surface area contributed by atoms with Gasteiger partial charge in [-0.1, -0.05) is 0 Å². The van der Waals surface area contributed by atoms with Crippen molar-refractivity contribution in [2.45, 2.75) is 62.7 Å². The first kappa shape index (κ1) is 19.8. The zero-order valence-corrected chi connectivity index (χ0v) is 14.7. The second-order valence-corrected chi connectivity index (χ2v) is 6.84. The Hall–Kier alpha value is -0.500. The van der Waals surface area contributed by atoms with Crippen LogP contribution in [-0.4, -0.2) is 67.8 Å². The first-order chi connectivity index (χ1) is 11.0. The van der Waals surface area contributed by atoms with Crippen molar-refractivity contribution in [1.29, 1.82) is 0 Å². The minimum atomic E-state index is -2.76. The maximum absolute atomic E-state index is 13.2. The summed E-state index contributed by atoms with van der Waals surface area (Å²) in [4.78, 5) is 14.0. The van der Waals surface area contributed by atoms with E-state index < -0.39 is 18.5 Å². The molecule has 3 aliphatic rings. The van der Waals surface area contributed by atoms with E-state index >= 15 is 0 Å². The highest BCUT2D eigenvalue weighted by molar-refractivity contribution is 5.85. The number of likely N-dealkylation sites (tertiary alicyclic amines) is 1. The molecule has 2 atom stereocenters. The molecule has 3 saturated heterocycles. The van der Waals surface area contributed by atoms with Gasteiger partial charge in [0.05, 0.1) is 31.4 Å². The Bertz CT molecular complexity index is 414. The number of rotatable bonds is 4. The lowest BCUT2D eigenvalue weighted by atomic mass is 10.1. The molecule has 0 spiro atoms. The van der Waals surface area contributed by atoms with Crippen molar-refractivity contribution in [3.63, 3.8) is 0 Å². The van der Waals surface area contributed by atoms with Crippen LogP contribution in [-0.2, 0) is 14.3 Å². The van der Waals surface area contributed by atoms with E-state index in [1.165, 1.54) is 6.42 Å². The van der Waals surface area contributed by atoms with E-state index in [4.69, 9.17) is 9.47 Å². The van der Waals surface area contributed by atoms with Crippen molar-refractivity contribution < 1.29 is 23.0 Å². The van der Waals surface area contributed by atoms with E-state index in [0.29, 0.717) is 19.7 Å². The van der Waals surface area contributed by atoms with Crippen LogP contribution in [0.2, 0.25) is 0 Å². The summed E-state index contributed by atoms with van der Waals surface area (Å²) in [6.45, 7) is 2.21. The van der Waals surface area contributed by atoms with Gasteiger partial charge < -0.3 is 14.4 Å². The third-order valence-electron chi connectivity index (χ3n) is 4.95. The molecule has 1 amide bonds. The van der Waals surface area contributed by atoms with E-state index in [1.54, 1.807) is 4.90 Å². The van der Waals surface area contributed by atoms with Crippen LogP contribution in [0.25, 0.3) is 0 Å². The van der Waals surface area contributed by atoms with E-state index in [0.717, 1.165) is 32.3 Å². The quantitative estimate of drug-likeness (QED) is 0.824. The van der Waals surface area contributed by atoms with Crippen LogP contribution in [0.1, 0.15) is 38.5 Å². The van der Waals surface area contributed by atoms with Crippen LogP contribution < -0.4 is 5.32 Å². The zero-order chi connectivity index (χ0) is 16.3. The zero-order valence-electron chi connectivity index (χ0n) is 13.8. The highest BCUT2D eigenvalue weighted by atomic mass is 35.5. The summed E-state index contributed by atoms with van der Waals surface area (Å²) in [7, 11) is 0. The van der Waals surface area contributed by atoms with Gasteiger partial charge in [0.1, 0.15) is 0 Å². The molecule has 0 bridgehead atoms. The van der Waals surface area contributed by atoms with Crippen LogP contribution in [0.5, 0.6) is 0 Å². The molecule has 3 rings (SSSR count). The molecule has 3 heterocycles. The first-order valence-corrected chi connectivity index (χ1v) is 8.67. The summed E-state index contributed by atoms with van der Waals surface area (Å²) in [5.41, 5.74) is 0. The molecule has 8 heteroatoms. The molecular formula is C16H27ClF2N2O3. The van der Waals surface area contributed by atoms with Gasteiger partial charge in [-0.25, -0.2) is 8.78 Å². The van der Waals surface area contributed by atoms with Crippen molar-refractivity contribution in [2.75, 3.05) is 32.8 Å². The van der Waals surface area contributed by atoms with Crippen molar-refractivity contribution in [1.82, 2.24) is 10.2 Å². The summed E-state index contributed by atoms with van der Waals surface area (Å²) < 4.78 is 37.9. The van der Waals surface area contributed by atoms with Gasteiger partial charge in [0.2, 0.25) is 5.91 Å². The number of carbonyl (C=O) groups is 1. The fourth-order valence-electron chi connectivity index (χ4n) is 3.54. The molecule has 0 radical (unpaired) electrons. The molecule has 3 aliphatic heterocycles. The average Bonchev–Trinajstić information content (AvgIpc) is 2.94. The maximum atomic E-state index is 13.2. The van der Waals surface area contributed by atoms with Gasteiger partial charge in [-0.15, -0.1) is 12.4 Å². The smallest absolute Gasteiger partial charge is 0.262 e. The standard InChI is InChI=1S/C16H26F2N2O3.ClH/c17-16(18)9-14(19-11-16)15(21)20-6-4-12(5-7-20)23-10-13-3-1-2-8-22-13;/h12-14,19H,1-11H2;1H. The largest absolute Gasteiger partial charge is 0.376 e. The number of alkyl halides is 2. The molecule has 0 aliphatic carbocycles. The van der Waals surface area contributed by atoms with E-state index in [9.17, 15) is 13.6 Å². The van der Waals surface area contributed by atoms with Crippen molar-refractivity contribution in [3.05, 3.63) is 0 Å². The van der Waals surface area contributed by atoms with Crippen LogP contribution in [0.3, 0.4) is 0 Å². The third kappa shape index (κ3) is 5.25. The predicted octanol–water partition coefficient (Wildman–Crippen LogP) is 1.98. The van der Waals surface area contributed by atoms with Gasteiger partial charge in [-0.3, -0.25) is 10.1 Å². The highest BCUT2D eigenvalue weighted by Gasteiger charge is 2.43. The van der Waals surface area contributed by atoms with Crippen LogP contribution in [0.4, 0.5) is 8.78 Å².